The minimum Gasteiger partial charge on any atom is -0.326 e. The number of hydrogen-bond acceptors (Lipinski definition) is 1. The molecule has 0 aliphatic rings. The molecule has 0 saturated heterocycles. The monoisotopic (exact) mass is 215 g/mol. The van der Waals surface area contributed by atoms with E-state index in [1.165, 1.54) is 0 Å². The van der Waals surface area contributed by atoms with Gasteiger partial charge in [0.2, 0.25) is 5.91 Å². The molecule has 1 aromatic rings. The molecule has 15 heavy (non-hydrogen) atoms. The quantitative estimate of drug-likeness (QED) is 0.824. The lowest BCUT2D eigenvalue weighted by molar-refractivity contribution is -0.115. The zero-order valence-corrected chi connectivity index (χ0v) is 7.64. The van der Waals surface area contributed by atoms with E-state index in [-0.39, 0.29) is 0 Å². The maximum absolute atomic E-state index is 12.3. The fraction of sp³-hybridized carbons (Fsp3) is 0.100. The highest BCUT2D eigenvalue weighted by atomic mass is 19.3. The molecule has 0 aliphatic heterocycles. The molecule has 0 radical (unpaired) electrons. The van der Waals surface area contributed by atoms with Gasteiger partial charge < -0.3 is 5.32 Å². The number of anilines is 1. The Morgan fingerprint density at radius 1 is 1.13 bits per heavy atom. The molecule has 0 atom stereocenters. The molecule has 1 rings (SSSR count). The van der Waals surface area contributed by atoms with Crippen LogP contribution in [0, 0.1) is 0 Å². The topological polar surface area (TPSA) is 29.1 Å². The summed E-state index contributed by atoms with van der Waals surface area (Å²) in [6.45, 7) is 0. The number of benzene rings is 1. The summed E-state index contributed by atoms with van der Waals surface area (Å²) in [7, 11) is 0. The van der Waals surface area contributed by atoms with Gasteiger partial charge in [-0.05, 0) is 12.1 Å². The second kappa shape index (κ2) is 5.19. The minimum absolute atomic E-state index is 0.439. The smallest absolute Gasteiger partial charge is 0.302 e. The highest BCUT2D eigenvalue weighted by Crippen LogP contribution is 2.14. The van der Waals surface area contributed by atoms with Crippen LogP contribution >= 0.6 is 0 Å². The molecule has 80 valence electrons. The lowest BCUT2D eigenvalue weighted by Crippen LogP contribution is -2.11. The van der Waals surface area contributed by atoms with Crippen molar-refractivity contribution in [3.63, 3.8) is 0 Å². The lowest BCUT2D eigenvalue weighted by Gasteiger charge is -2.02. The first-order valence-electron chi connectivity index (χ1n) is 4.14. The Hall–Kier alpha value is -1.78. The van der Waals surface area contributed by atoms with Crippen molar-refractivity contribution < 1.29 is 18.0 Å². The molecule has 0 fully saturated rings. The Morgan fingerprint density at radius 3 is 2.27 bits per heavy atom. The van der Waals surface area contributed by atoms with Crippen molar-refractivity contribution in [2.24, 2.45) is 0 Å². The predicted octanol–water partition coefficient (Wildman–Crippen LogP) is 3.09. The van der Waals surface area contributed by atoms with Gasteiger partial charge in [-0.15, -0.1) is 0 Å². The first-order valence-corrected chi connectivity index (χ1v) is 4.14. The van der Waals surface area contributed by atoms with Gasteiger partial charge in [-0.25, -0.2) is 4.39 Å². The normalized spacial score (nSPS) is 9.53. The van der Waals surface area contributed by atoms with E-state index >= 15 is 0 Å². The van der Waals surface area contributed by atoms with Crippen LogP contribution in [0.25, 0.3) is 0 Å². The zero-order chi connectivity index (χ0) is 11.3. The van der Waals surface area contributed by atoms with Crippen molar-refractivity contribution in [1.82, 2.24) is 0 Å². The summed E-state index contributed by atoms with van der Waals surface area (Å²) in [5.41, 5.74) is 0.439. The summed E-state index contributed by atoms with van der Waals surface area (Å²) < 4.78 is 35.7. The average Bonchev–Trinajstić information content (AvgIpc) is 2.18. The molecule has 5 heteroatoms. The van der Waals surface area contributed by atoms with E-state index in [0.29, 0.717) is 5.69 Å². The summed E-state index contributed by atoms with van der Waals surface area (Å²) in [5.74, 6) is -2.52. The van der Waals surface area contributed by atoms with Crippen molar-refractivity contribution in [2.45, 2.75) is 6.42 Å². The van der Waals surface area contributed by atoms with Crippen LogP contribution < -0.4 is 5.32 Å². The van der Waals surface area contributed by atoms with Gasteiger partial charge in [-0.1, -0.05) is 18.2 Å². The molecule has 1 N–H and O–H groups in total. The van der Waals surface area contributed by atoms with E-state index < -0.39 is 24.2 Å². The molecule has 0 heterocycles. The molecule has 0 spiro atoms. The molecular weight excluding hydrogens is 207 g/mol. The maximum atomic E-state index is 12.3. The van der Waals surface area contributed by atoms with E-state index in [2.05, 4.69) is 5.32 Å². The van der Waals surface area contributed by atoms with E-state index in [4.69, 9.17) is 0 Å². The first kappa shape index (κ1) is 11.3. The number of rotatable bonds is 3. The minimum atomic E-state index is -2.46. The van der Waals surface area contributed by atoms with Crippen LogP contribution in [-0.2, 0) is 4.79 Å². The fourth-order valence-electron chi connectivity index (χ4n) is 0.934. The van der Waals surface area contributed by atoms with Crippen LogP contribution in [0.3, 0.4) is 0 Å². The van der Waals surface area contributed by atoms with Crippen LogP contribution in [0.4, 0.5) is 18.9 Å². The average molecular weight is 215 g/mol. The fourth-order valence-corrected chi connectivity index (χ4v) is 0.934. The number of amides is 1. The molecule has 0 aromatic heterocycles. The number of halogens is 3. The number of hydrogen-bond donors (Lipinski definition) is 1. The molecule has 0 aliphatic carbocycles. The van der Waals surface area contributed by atoms with Crippen LogP contribution in [0.5, 0.6) is 0 Å². The summed E-state index contributed by atoms with van der Waals surface area (Å²) >= 11 is 0. The Bertz CT molecular complexity index is 372. The van der Waals surface area contributed by atoms with E-state index in [1.54, 1.807) is 30.3 Å². The summed E-state index contributed by atoms with van der Waals surface area (Å²) in [4.78, 5) is 11.0. The van der Waals surface area contributed by atoms with Crippen molar-refractivity contribution >= 4 is 11.6 Å². The van der Waals surface area contributed by atoms with Crippen LogP contribution in [0.1, 0.15) is 6.42 Å². The molecule has 1 amide bonds. The van der Waals surface area contributed by atoms with Gasteiger partial charge in [0.25, 0.3) is 0 Å². The van der Waals surface area contributed by atoms with Crippen LogP contribution in [0.2, 0.25) is 0 Å². The molecule has 1 aromatic carbocycles. The molecular formula is C10H8F3NO. The van der Waals surface area contributed by atoms with Gasteiger partial charge in [0, 0.05) is 5.69 Å². The second-order valence-corrected chi connectivity index (χ2v) is 2.76. The standard InChI is InChI=1S/C10H8F3NO/c11-8(10(12)13)6-9(15)14-7-4-2-1-3-5-7/h1-5H,6H2,(H,14,15). The highest BCUT2D eigenvalue weighted by molar-refractivity contribution is 5.91. The number of carbonyl (C=O) groups excluding carboxylic acids is 1. The van der Waals surface area contributed by atoms with Crippen LogP contribution in [-0.4, -0.2) is 5.91 Å². The third-order valence-electron chi connectivity index (χ3n) is 1.58. The van der Waals surface area contributed by atoms with Crippen molar-refractivity contribution in [3.8, 4) is 0 Å². The Balaban J connectivity index is 2.55. The predicted molar refractivity (Wildman–Crippen MR) is 50.0 cm³/mol. The van der Waals surface area contributed by atoms with Gasteiger partial charge in [0.15, 0.2) is 5.83 Å². The van der Waals surface area contributed by atoms with Crippen molar-refractivity contribution in [1.29, 1.82) is 0 Å². The van der Waals surface area contributed by atoms with Crippen LogP contribution in [0.15, 0.2) is 42.2 Å². The van der Waals surface area contributed by atoms with Gasteiger partial charge in [-0.3, -0.25) is 4.79 Å². The molecule has 0 saturated carbocycles. The third kappa shape index (κ3) is 3.84. The molecule has 0 unspecified atom stereocenters. The van der Waals surface area contributed by atoms with Gasteiger partial charge in [0.1, 0.15) is 0 Å². The SMILES string of the molecule is O=C(CC(F)=C(F)F)Nc1ccccc1. The van der Waals surface area contributed by atoms with Gasteiger partial charge >= 0.3 is 6.08 Å². The first-order chi connectivity index (χ1) is 7.09. The zero-order valence-electron chi connectivity index (χ0n) is 7.64. The largest absolute Gasteiger partial charge is 0.326 e. The maximum Gasteiger partial charge on any atom is 0.302 e. The number of para-hydroxylation sites is 1. The summed E-state index contributed by atoms with van der Waals surface area (Å²) in [5, 5.41) is 2.28. The van der Waals surface area contributed by atoms with Gasteiger partial charge in [0.05, 0.1) is 6.42 Å². The number of nitrogens with one attached hydrogen (secondary N) is 1. The summed E-state index contributed by atoms with van der Waals surface area (Å²) in [6, 6.07) is 8.21. The molecule has 0 bridgehead atoms. The summed E-state index contributed by atoms with van der Waals surface area (Å²) in [6.07, 6.45) is -3.41. The number of carbonyl (C=O) groups is 1. The lowest BCUT2D eigenvalue weighted by atomic mass is 10.3. The molecule has 2 nitrogen and oxygen atoms in total. The third-order valence-corrected chi connectivity index (χ3v) is 1.58. The Kier molecular flexibility index (Phi) is 3.91. The Morgan fingerprint density at radius 2 is 1.73 bits per heavy atom. The second-order valence-electron chi connectivity index (χ2n) is 2.76. The van der Waals surface area contributed by atoms with E-state index in [0.717, 1.165) is 0 Å². The van der Waals surface area contributed by atoms with Crippen molar-refractivity contribution in [2.75, 3.05) is 5.32 Å². The van der Waals surface area contributed by atoms with Gasteiger partial charge in [-0.2, -0.15) is 8.78 Å². The van der Waals surface area contributed by atoms with E-state index in [9.17, 15) is 18.0 Å². The Labute approximate surface area is 84.4 Å². The van der Waals surface area contributed by atoms with E-state index in [1.807, 2.05) is 0 Å². The van der Waals surface area contributed by atoms with Crippen molar-refractivity contribution in [3.05, 3.63) is 42.2 Å². The highest BCUT2D eigenvalue weighted by Gasteiger charge is 2.11.